The van der Waals surface area contributed by atoms with Gasteiger partial charge >= 0.3 is 12.1 Å². The molecule has 1 fully saturated rings. The van der Waals surface area contributed by atoms with Crippen LogP contribution in [-0.4, -0.2) is 110 Å². The van der Waals surface area contributed by atoms with Crippen molar-refractivity contribution < 1.29 is 33.9 Å². The maximum absolute atomic E-state index is 13.2. The summed E-state index contributed by atoms with van der Waals surface area (Å²) in [5, 5.41) is 30.5. The number of hydrogen-bond acceptors (Lipinski definition) is 16. The van der Waals surface area contributed by atoms with Crippen LogP contribution in [0.4, 0.5) is 9.93 Å². The second-order valence-electron chi connectivity index (χ2n) is 10.6. The second kappa shape index (κ2) is 13.8. The summed E-state index contributed by atoms with van der Waals surface area (Å²) in [5.41, 5.74) is 5.08. The number of fused-ring (bicyclic) bond motifs is 1. The molecule has 2 aromatic heterocycles. The number of amides is 3. The SMILES string of the molecule is CC(C)ON=C(C(=O)NC1C(=O)N2C(C(=O)O)=C(CSc3nnnn3CCNC(=O)OC(C)(C)C)CS[C@H]12)c1nsc(N)n1. The number of ether oxygens (including phenoxy) is 1. The Bertz CT molecular complexity index is 1480. The second-order valence-corrected chi connectivity index (χ2v) is 13.4. The summed E-state index contributed by atoms with van der Waals surface area (Å²) in [4.78, 5) is 60.8. The van der Waals surface area contributed by atoms with E-state index in [1.165, 1.54) is 28.2 Å². The van der Waals surface area contributed by atoms with E-state index in [9.17, 15) is 24.3 Å². The molecule has 4 heterocycles. The first kappa shape index (κ1) is 32.9. The summed E-state index contributed by atoms with van der Waals surface area (Å²) in [6.07, 6.45) is -0.919. The zero-order chi connectivity index (χ0) is 32.2. The van der Waals surface area contributed by atoms with Crippen molar-refractivity contribution in [3.63, 3.8) is 0 Å². The van der Waals surface area contributed by atoms with Gasteiger partial charge in [0.1, 0.15) is 28.8 Å². The van der Waals surface area contributed by atoms with E-state index in [4.69, 9.17) is 15.3 Å². The highest BCUT2D eigenvalue weighted by molar-refractivity contribution is 8.01. The lowest BCUT2D eigenvalue weighted by atomic mass is 10.0. The smallest absolute Gasteiger partial charge is 0.407 e. The van der Waals surface area contributed by atoms with E-state index in [1.54, 1.807) is 34.6 Å². The Hall–Kier alpha value is -3.98. The predicted molar refractivity (Wildman–Crippen MR) is 160 cm³/mol. The number of carboxylic acid groups (broad SMARTS) is 1. The molecular formula is C23H31N11O7S3. The Morgan fingerprint density at radius 3 is 2.68 bits per heavy atom. The van der Waals surface area contributed by atoms with Gasteiger partial charge in [-0.15, -0.1) is 16.9 Å². The summed E-state index contributed by atoms with van der Waals surface area (Å²) >= 11 is 3.36. The van der Waals surface area contributed by atoms with E-state index in [1.807, 2.05) is 0 Å². The minimum absolute atomic E-state index is 0.0565. The molecule has 0 bridgehead atoms. The number of anilines is 1. The lowest BCUT2D eigenvalue weighted by Crippen LogP contribution is -2.71. The highest BCUT2D eigenvalue weighted by Crippen LogP contribution is 2.41. The average molecular weight is 670 g/mol. The van der Waals surface area contributed by atoms with Crippen molar-refractivity contribution in [3.8, 4) is 0 Å². The van der Waals surface area contributed by atoms with Crippen LogP contribution in [0.3, 0.4) is 0 Å². The summed E-state index contributed by atoms with van der Waals surface area (Å²) in [6, 6.07) is -1.01. The van der Waals surface area contributed by atoms with Crippen LogP contribution >= 0.6 is 35.1 Å². The van der Waals surface area contributed by atoms with Gasteiger partial charge in [0.15, 0.2) is 5.13 Å². The van der Waals surface area contributed by atoms with Gasteiger partial charge in [-0.05, 0) is 50.6 Å². The van der Waals surface area contributed by atoms with Gasteiger partial charge in [0.2, 0.25) is 16.7 Å². The number of rotatable bonds is 12. The van der Waals surface area contributed by atoms with E-state index in [-0.39, 0.29) is 53.1 Å². The zero-order valence-corrected chi connectivity index (χ0v) is 26.8. The molecule has 0 radical (unpaired) electrons. The third-order valence-electron chi connectivity index (χ3n) is 5.63. The highest BCUT2D eigenvalue weighted by atomic mass is 32.2. The molecule has 1 unspecified atom stereocenters. The van der Waals surface area contributed by atoms with Gasteiger partial charge in [0.25, 0.3) is 11.8 Å². The molecule has 238 valence electrons. The fourth-order valence-corrected chi connectivity index (χ4v) is 6.67. The molecule has 0 aromatic carbocycles. The minimum atomic E-state index is -1.28. The standard InChI is InChI=1S/C23H31N11O7S3/c1-10(2)41-29-12(15-27-20(24)44-30-15)16(35)26-13-17(36)34-14(19(37)38)11(8-42-18(13)34)9-43-21-28-31-32-33(21)7-6-25-22(39)40-23(3,4)5/h10,13,18H,6-9H2,1-5H3,(H,25,39)(H,26,35)(H,37,38)(H2,24,27,30)/t13?,18-/m1/s1. The van der Waals surface area contributed by atoms with E-state index in [2.05, 4.69) is 40.7 Å². The largest absolute Gasteiger partial charge is 0.477 e. The summed E-state index contributed by atoms with van der Waals surface area (Å²) in [5.74, 6) is -2.24. The number of tetrazole rings is 1. The Balaban J connectivity index is 1.40. The maximum atomic E-state index is 13.2. The number of hydrogen-bond donors (Lipinski definition) is 4. The quantitative estimate of drug-likeness (QED) is 0.103. The lowest BCUT2D eigenvalue weighted by Gasteiger charge is -2.49. The number of β-lactam (4-membered cyclic amide) rings is 1. The fourth-order valence-electron chi connectivity index (χ4n) is 3.85. The molecule has 0 aliphatic carbocycles. The molecular weight excluding hydrogens is 639 g/mol. The molecule has 2 aliphatic heterocycles. The van der Waals surface area contributed by atoms with Gasteiger partial charge in [0.05, 0.1) is 6.54 Å². The normalized spacial score (nSPS) is 18.5. The number of aliphatic carboxylic acids is 1. The molecule has 1 saturated heterocycles. The lowest BCUT2D eigenvalue weighted by molar-refractivity contribution is -0.150. The first-order chi connectivity index (χ1) is 20.7. The predicted octanol–water partition coefficient (Wildman–Crippen LogP) is 0.292. The first-order valence-corrected chi connectivity index (χ1v) is 16.0. The van der Waals surface area contributed by atoms with Crippen molar-refractivity contribution >= 4 is 69.8 Å². The highest BCUT2D eigenvalue weighted by Gasteiger charge is 2.54. The van der Waals surface area contributed by atoms with E-state index >= 15 is 0 Å². The molecule has 3 amide bonds. The molecule has 4 rings (SSSR count). The van der Waals surface area contributed by atoms with E-state index in [0.29, 0.717) is 10.7 Å². The molecule has 5 N–H and O–H groups in total. The van der Waals surface area contributed by atoms with Crippen LogP contribution in [-0.2, 0) is 30.5 Å². The van der Waals surface area contributed by atoms with Crippen molar-refractivity contribution in [2.75, 3.05) is 23.8 Å². The Morgan fingerprint density at radius 2 is 2.05 bits per heavy atom. The number of oxime groups is 1. The van der Waals surface area contributed by atoms with Crippen molar-refractivity contribution in [2.45, 2.75) is 69.4 Å². The number of nitrogens with zero attached hydrogens (tertiary/aromatic N) is 8. The van der Waals surface area contributed by atoms with Crippen LogP contribution in [0.15, 0.2) is 21.6 Å². The topological polar surface area (TPSA) is 242 Å². The van der Waals surface area contributed by atoms with Gasteiger partial charge in [-0.2, -0.15) is 9.36 Å². The zero-order valence-electron chi connectivity index (χ0n) is 24.3. The third-order valence-corrected chi connectivity index (χ3v) is 8.55. The third kappa shape index (κ3) is 7.94. The number of nitrogens with two attached hydrogens (primary N) is 1. The van der Waals surface area contributed by atoms with Crippen LogP contribution in [0.2, 0.25) is 0 Å². The van der Waals surface area contributed by atoms with Crippen LogP contribution < -0.4 is 16.4 Å². The molecule has 44 heavy (non-hydrogen) atoms. The number of carbonyl (C=O) groups is 4. The van der Waals surface area contributed by atoms with Crippen molar-refractivity contribution in [2.24, 2.45) is 5.16 Å². The van der Waals surface area contributed by atoms with Gasteiger partial charge in [-0.3, -0.25) is 14.5 Å². The van der Waals surface area contributed by atoms with Crippen LogP contribution in [0.1, 0.15) is 40.4 Å². The van der Waals surface area contributed by atoms with Gasteiger partial charge in [0, 0.05) is 29.6 Å². The van der Waals surface area contributed by atoms with Crippen molar-refractivity contribution in [3.05, 3.63) is 17.1 Å². The van der Waals surface area contributed by atoms with Crippen LogP contribution in [0.5, 0.6) is 0 Å². The van der Waals surface area contributed by atoms with Gasteiger partial charge in [-0.25, -0.2) is 14.3 Å². The Kier molecular flexibility index (Phi) is 10.3. The number of thioether (sulfide) groups is 2. The number of alkyl carbamates (subject to hydrolysis) is 1. The van der Waals surface area contributed by atoms with Crippen LogP contribution in [0, 0.1) is 0 Å². The van der Waals surface area contributed by atoms with Crippen molar-refractivity contribution in [1.29, 1.82) is 0 Å². The van der Waals surface area contributed by atoms with Gasteiger partial charge in [-0.1, -0.05) is 16.9 Å². The molecule has 21 heteroatoms. The van der Waals surface area contributed by atoms with E-state index in [0.717, 1.165) is 16.4 Å². The minimum Gasteiger partial charge on any atom is -0.477 e. The molecule has 0 spiro atoms. The van der Waals surface area contributed by atoms with Crippen molar-refractivity contribution in [1.82, 2.24) is 45.1 Å². The summed E-state index contributed by atoms with van der Waals surface area (Å²) in [6.45, 7) is 9.15. The summed E-state index contributed by atoms with van der Waals surface area (Å²) in [7, 11) is 0. The number of carbonyl (C=O) groups excluding carboxylic acids is 3. The number of nitrogen functional groups attached to an aromatic ring is 1. The molecule has 18 nitrogen and oxygen atoms in total. The number of nitrogens with one attached hydrogen (secondary N) is 2. The Labute approximate surface area is 263 Å². The fraction of sp³-hybridized carbons (Fsp3) is 0.565. The molecule has 2 atom stereocenters. The average Bonchev–Trinajstić information content (AvgIpc) is 3.57. The summed E-state index contributed by atoms with van der Waals surface area (Å²) < 4.78 is 10.7. The number of carboxylic acids is 1. The van der Waals surface area contributed by atoms with E-state index < -0.39 is 40.9 Å². The molecule has 2 aliphatic rings. The van der Waals surface area contributed by atoms with Crippen LogP contribution in [0.25, 0.3) is 0 Å². The number of aromatic nitrogens is 6. The monoisotopic (exact) mass is 669 g/mol. The Morgan fingerprint density at radius 1 is 1.30 bits per heavy atom. The van der Waals surface area contributed by atoms with Gasteiger partial charge < -0.3 is 31.0 Å². The molecule has 2 aromatic rings. The molecule has 0 saturated carbocycles. The first-order valence-electron chi connectivity index (χ1n) is 13.1. The maximum Gasteiger partial charge on any atom is 0.407 e.